The minimum Gasteiger partial charge on any atom is -0.217 e. The molecular formula is C7H2ClF6N. The highest BCUT2D eigenvalue weighted by Gasteiger charge is 2.36. The van der Waals surface area contributed by atoms with Crippen molar-refractivity contribution >= 4 is 11.6 Å². The van der Waals surface area contributed by atoms with E-state index in [-0.39, 0.29) is 6.07 Å². The molecule has 0 saturated heterocycles. The smallest absolute Gasteiger partial charge is 0.217 e. The molecule has 1 aromatic heterocycles. The van der Waals surface area contributed by atoms with Gasteiger partial charge in [0.25, 0.3) is 6.43 Å². The Balaban J connectivity index is 3.38. The lowest BCUT2D eigenvalue weighted by Crippen LogP contribution is -2.10. The van der Waals surface area contributed by atoms with E-state index in [2.05, 4.69) is 4.98 Å². The summed E-state index contributed by atoms with van der Waals surface area (Å²) >= 11 is 4.95. The summed E-state index contributed by atoms with van der Waals surface area (Å²) in [5, 5.41) is -1.31. The van der Waals surface area contributed by atoms with Crippen molar-refractivity contribution in [2.45, 2.75) is 12.6 Å². The minimum absolute atomic E-state index is 0.0239. The molecule has 1 heterocycles. The molecule has 1 nitrogen and oxygen atoms in total. The number of halogens is 7. The number of aromatic nitrogens is 1. The van der Waals surface area contributed by atoms with Gasteiger partial charge in [0.2, 0.25) is 5.95 Å². The van der Waals surface area contributed by atoms with Crippen LogP contribution in [-0.2, 0) is 6.18 Å². The van der Waals surface area contributed by atoms with Crippen molar-refractivity contribution in [2.75, 3.05) is 0 Å². The second-order valence-corrected chi connectivity index (χ2v) is 2.88. The van der Waals surface area contributed by atoms with Crippen molar-refractivity contribution in [3.05, 3.63) is 28.3 Å². The molecule has 1 rings (SSSR count). The first-order valence-electron chi connectivity index (χ1n) is 3.44. The fraction of sp³-hybridized carbons (Fsp3) is 0.286. The summed E-state index contributed by atoms with van der Waals surface area (Å²) in [6.45, 7) is 0. The number of pyridine rings is 1. The molecule has 0 unspecified atom stereocenters. The normalized spacial score (nSPS) is 12.3. The van der Waals surface area contributed by atoms with E-state index in [9.17, 15) is 26.3 Å². The van der Waals surface area contributed by atoms with Crippen LogP contribution in [0.1, 0.15) is 17.7 Å². The molecular weight excluding hydrogens is 248 g/mol. The van der Waals surface area contributed by atoms with Crippen LogP contribution in [0.4, 0.5) is 26.3 Å². The van der Waals surface area contributed by atoms with Gasteiger partial charge in [-0.2, -0.15) is 17.6 Å². The summed E-state index contributed by atoms with van der Waals surface area (Å²) in [7, 11) is 0. The average Bonchev–Trinajstić information content (AvgIpc) is 2.06. The Bertz CT molecular complexity index is 374. The van der Waals surface area contributed by atoms with Gasteiger partial charge in [0.15, 0.2) is 0 Å². The van der Waals surface area contributed by atoms with E-state index in [0.717, 1.165) is 0 Å². The van der Waals surface area contributed by atoms with Gasteiger partial charge in [-0.15, -0.1) is 0 Å². The van der Waals surface area contributed by atoms with Crippen LogP contribution < -0.4 is 0 Å². The third-order valence-electron chi connectivity index (χ3n) is 1.47. The van der Waals surface area contributed by atoms with Crippen molar-refractivity contribution < 1.29 is 26.3 Å². The summed E-state index contributed by atoms with van der Waals surface area (Å²) in [5.74, 6) is -1.76. The van der Waals surface area contributed by atoms with Crippen LogP contribution in [0.2, 0.25) is 5.02 Å². The van der Waals surface area contributed by atoms with Crippen molar-refractivity contribution in [3.8, 4) is 0 Å². The lowest BCUT2D eigenvalue weighted by molar-refractivity contribution is -0.137. The van der Waals surface area contributed by atoms with Crippen molar-refractivity contribution in [3.63, 3.8) is 0 Å². The van der Waals surface area contributed by atoms with Gasteiger partial charge in [-0.3, -0.25) is 0 Å². The zero-order valence-corrected chi connectivity index (χ0v) is 7.50. The Morgan fingerprint density at radius 1 is 1.27 bits per heavy atom. The standard InChI is InChI=1S/C7H2ClF6N/c8-4-2(7(12,13)14)1-3(5(9)10)15-6(4)11/h1,5H. The molecule has 0 N–H and O–H groups in total. The van der Waals surface area contributed by atoms with Gasteiger partial charge in [0.1, 0.15) is 10.7 Å². The Hall–Kier alpha value is -0.980. The van der Waals surface area contributed by atoms with E-state index in [1.807, 2.05) is 0 Å². The van der Waals surface area contributed by atoms with Gasteiger partial charge in [-0.1, -0.05) is 11.6 Å². The molecule has 84 valence electrons. The molecule has 0 aliphatic rings. The van der Waals surface area contributed by atoms with E-state index < -0.39 is 34.8 Å². The molecule has 8 heteroatoms. The van der Waals surface area contributed by atoms with Crippen LogP contribution in [0.3, 0.4) is 0 Å². The van der Waals surface area contributed by atoms with E-state index in [0.29, 0.717) is 0 Å². The summed E-state index contributed by atoms with van der Waals surface area (Å²) in [4.78, 5) is 2.60. The lowest BCUT2D eigenvalue weighted by atomic mass is 10.2. The van der Waals surface area contributed by atoms with E-state index in [1.165, 1.54) is 0 Å². The van der Waals surface area contributed by atoms with Gasteiger partial charge < -0.3 is 0 Å². The molecule has 0 saturated carbocycles. The van der Waals surface area contributed by atoms with E-state index >= 15 is 0 Å². The average molecular weight is 250 g/mol. The topological polar surface area (TPSA) is 12.9 Å². The second-order valence-electron chi connectivity index (χ2n) is 2.50. The van der Waals surface area contributed by atoms with Gasteiger partial charge in [0, 0.05) is 0 Å². The van der Waals surface area contributed by atoms with Crippen LogP contribution in [0.15, 0.2) is 6.07 Å². The molecule has 15 heavy (non-hydrogen) atoms. The molecule has 0 aromatic carbocycles. The summed E-state index contributed by atoms with van der Waals surface area (Å²) in [6.07, 6.45) is -8.29. The van der Waals surface area contributed by atoms with Crippen molar-refractivity contribution in [2.24, 2.45) is 0 Å². The largest absolute Gasteiger partial charge is 0.418 e. The Morgan fingerprint density at radius 3 is 2.20 bits per heavy atom. The molecule has 1 aromatic rings. The quantitative estimate of drug-likeness (QED) is 0.544. The molecule has 0 spiro atoms. The maximum atomic E-state index is 12.7. The Labute approximate surface area is 84.7 Å². The van der Waals surface area contributed by atoms with Gasteiger partial charge in [0.05, 0.1) is 5.56 Å². The van der Waals surface area contributed by atoms with E-state index in [1.54, 1.807) is 0 Å². The third-order valence-corrected chi connectivity index (χ3v) is 1.83. The van der Waals surface area contributed by atoms with Crippen molar-refractivity contribution in [1.82, 2.24) is 4.98 Å². The number of hydrogen-bond donors (Lipinski definition) is 0. The number of alkyl halides is 5. The zero-order valence-electron chi connectivity index (χ0n) is 6.75. The fourth-order valence-electron chi connectivity index (χ4n) is 0.835. The third kappa shape index (κ3) is 2.53. The van der Waals surface area contributed by atoms with Crippen LogP contribution in [0, 0.1) is 5.95 Å². The maximum Gasteiger partial charge on any atom is 0.418 e. The predicted molar refractivity (Wildman–Crippen MR) is 39.2 cm³/mol. The summed E-state index contributed by atoms with van der Waals surface area (Å²) in [5.41, 5.74) is -2.96. The minimum atomic E-state index is -5.00. The Morgan fingerprint density at radius 2 is 1.80 bits per heavy atom. The molecule has 0 aliphatic heterocycles. The molecule has 0 fully saturated rings. The van der Waals surface area contributed by atoms with Crippen LogP contribution in [0.5, 0.6) is 0 Å². The highest BCUT2D eigenvalue weighted by molar-refractivity contribution is 6.31. The first-order valence-corrected chi connectivity index (χ1v) is 3.82. The van der Waals surface area contributed by atoms with Crippen LogP contribution in [0.25, 0.3) is 0 Å². The van der Waals surface area contributed by atoms with Crippen molar-refractivity contribution in [1.29, 1.82) is 0 Å². The number of nitrogens with zero attached hydrogens (tertiary/aromatic N) is 1. The fourth-order valence-corrected chi connectivity index (χ4v) is 1.04. The lowest BCUT2D eigenvalue weighted by Gasteiger charge is -2.10. The highest BCUT2D eigenvalue weighted by Crippen LogP contribution is 2.37. The maximum absolute atomic E-state index is 12.7. The molecule has 0 amide bonds. The summed E-state index contributed by atoms with van der Waals surface area (Å²) in [6, 6.07) is 0.0239. The first kappa shape index (κ1) is 12.1. The van der Waals surface area contributed by atoms with Gasteiger partial charge in [-0.25, -0.2) is 13.8 Å². The van der Waals surface area contributed by atoms with Gasteiger partial charge in [-0.05, 0) is 6.07 Å². The van der Waals surface area contributed by atoms with E-state index in [4.69, 9.17) is 11.6 Å². The molecule has 0 atom stereocenters. The SMILES string of the molecule is Fc1nc(C(F)F)cc(C(F)(F)F)c1Cl. The first-order chi connectivity index (χ1) is 6.73. The summed E-state index contributed by atoms with van der Waals surface area (Å²) < 4.78 is 73.1. The highest BCUT2D eigenvalue weighted by atomic mass is 35.5. The van der Waals surface area contributed by atoms with Crippen LogP contribution in [-0.4, -0.2) is 4.98 Å². The number of rotatable bonds is 1. The number of hydrogen-bond acceptors (Lipinski definition) is 1. The zero-order chi connectivity index (χ0) is 11.8. The molecule has 0 aliphatic carbocycles. The molecule has 0 radical (unpaired) electrons. The molecule has 0 bridgehead atoms. The van der Waals surface area contributed by atoms with Crippen LogP contribution >= 0.6 is 11.6 Å². The monoisotopic (exact) mass is 249 g/mol. The second kappa shape index (κ2) is 3.88. The predicted octanol–water partition coefficient (Wildman–Crippen LogP) is 3.83. The Kier molecular flexibility index (Phi) is 3.13. The van der Waals surface area contributed by atoms with Gasteiger partial charge >= 0.3 is 6.18 Å².